The number of methoxy groups -OCH3 is 1. The van der Waals surface area contributed by atoms with Crippen molar-refractivity contribution in [1.82, 2.24) is 10.2 Å². The number of carbonyl (C=O) groups is 2. The molecule has 1 atom stereocenters. The van der Waals surface area contributed by atoms with Gasteiger partial charge in [0.1, 0.15) is 6.04 Å². The van der Waals surface area contributed by atoms with Gasteiger partial charge in [-0.15, -0.1) is 0 Å². The Morgan fingerprint density at radius 1 is 1.33 bits per heavy atom. The lowest BCUT2D eigenvalue weighted by Crippen LogP contribution is -2.55. The molecule has 0 bridgehead atoms. The molecule has 1 heterocycles. The predicted octanol–water partition coefficient (Wildman–Crippen LogP) is 1.17. The molecule has 0 radical (unpaired) electrons. The lowest BCUT2D eigenvalue weighted by molar-refractivity contribution is -0.146. The molecule has 1 N–H and O–H groups in total. The maximum Gasteiger partial charge on any atom is 0.307 e. The van der Waals surface area contributed by atoms with Crippen LogP contribution >= 0.6 is 0 Å². The highest BCUT2D eigenvalue weighted by molar-refractivity contribution is 5.87. The van der Waals surface area contributed by atoms with Crippen molar-refractivity contribution < 1.29 is 14.3 Å². The van der Waals surface area contributed by atoms with E-state index < -0.39 is 6.04 Å². The highest BCUT2D eigenvalue weighted by Gasteiger charge is 2.31. The maximum absolute atomic E-state index is 12.0. The highest BCUT2D eigenvalue weighted by atomic mass is 16.5. The van der Waals surface area contributed by atoms with Crippen LogP contribution in [-0.4, -0.2) is 43.0 Å². The molecule has 1 aliphatic heterocycles. The van der Waals surface area contributed by atoms with Crippen LogP contribution in [0.1, 0.15) is 23.1 Å². The molecule has 114 valence electrons. The first-order chi connectivity index (χ1) is 9.99. The van der Waals surface area contributed by atoms with Crippen LogP contribution in [0, 0.1) is 13.8 Å². The molecule has 1 aromatic carbocycles. The van der Waals surface area contributed by atoms with Crippen LogP contribution in [0.25, 0.3) is 0 Å². The van der Waals surface area contributed by atoms with Crippen molar-refractivity contribution in [1.29, 1.82) is 0 Å². The fraction of sp³-hybridized carbons (Fsp3) is 0.500. The van der Waals surface area contributed by atoms with Crippen molar-refractivity contribution in [3.63, 3.8) is 0 Å². The summed E-state index contributed by atoms with van der Waals surface area (Å²) in [6.45, 7) is 6.13. The van der Waals surface area contributed by atoms with Gasteiger partial charge in [-0.2, -0.15) is 0 Å². The minimum Gasteiger partial charge on any atom is -0.469 e. The van der Waals surface area contributed by atoms with E-state index in [9.17, 15) is 9.59 Å². The average molecular weight is 290 g/mol. The van der Waals surface area contributed by atoms with Gasteiger partial charge in [-0.3, -0.25) is 14.5 Å². The van der Waals surface area contributed by atoms with Gasteiger partial charge in [0, 0.05) is 19.6 Å². The lowest BCUT2D eigenvalue weighted by atomic mass is 10.0. The van der Waals surface area contributed by atoms with E-state index in [0.717, 1.165) is 12.1 Å². The average Bonchev–Trinajstić information content (AvgIpc) is 2.41. The molecule has 1 aromatic rings. The van der Waals surface area contributed by atoms with Crippen LogP contribution in [0.15, 0.2) is 18.2 Å². The van der Waals surface area contributed by atoms with Crippen molar-refractivity contribution in [3.8, 4) is 0 Å². The summed E-state index contributed by atoms with van der Waals surface area (Å²) in [6.07, 6.45) is 0.0904. The summed E-state index contributed by atoms with van der Waals surface area (Å²) in [4.78, 5) is 25.6. The smallest absolute Gasteiger partial charge is 0.307 e. The van der Waals surface area contributed by atoms with Gasteiger partial charge >= 0.3 is 5.97 Å². The summed E-state index contributed by atoms with van der Waals surface area (Å²) < 4.78 is 4.69. The third-order valence-electron chi connectivity index (χ3n) is 3.70. The molecular weight excluding hydrogens is 268 g/mol. The standard InChI is InChI=1S/C16H22N2O3/c1-11-6-12(2)8-13(7-11)10-18-5-4-17-16(20)14(18)9-15(19)21-3/h6-8,14H,4-5,9-10H2,1-3H3,(H,17,20)/t14-/m0/s1. The zero-order valence-electron chi connectivity index (χ0n) is 12.8. The van der Waals surface area contributed by atoms with Crippen LogP contribution in [0.4, 0.5) is 0 Å². The van der Waals surface area contributed by atoms with Crippen molar-refractivity contribution in [2.45, 2.75) is 32.9 Å². The Bertz CT molecular complexity index is 522. The molecule has 1 fully saturated rings. The van der Waals surface area contributed by atoms with E-state index in [1.54, 1.807) is 0 Å². The summed E-state index contributed by atoms with van der Waals surface area (Å²) in [5, 5.41) is 2.81. The number of nitrogens with zero attached hydrogens (tertiary/aromatic N) is 1. The predicted molar refractivity (Wildman–Crippen MR) is 79.8 cm³/mol. The number of aryl methyl sites for hydroxylation is 2. The first-order valence-electron chi connectivity index (χ1n) is 7.15. The Balaban J connectivity index is 2.14. The third-order valence-corrected chi connectivity index (χ3v) is 3.70. The second-order valence-corrected chi connectivity index (χ2v) is 5.55. The minimum absolute atomic E-state index is 0.0904. The number of nitrogens with one attached hydrogen (secondary N) is 1. The van der Waals surface area contributed by atoms with Gasteiger partial charge in [-0.1, -0.05) is 29.3 Å². The van der Waals surface area contributed by atoms with E-state index >= 15 is 0 Å². The van der Waals surface area contributed by atoms with E-state index in [1.165, 1.54) is 18.2 Å². The van der Waals surface area contributed by atoms with Gasteiger partial charge in [-0.05, 0) is 19.4 Å². The third kappa shape index (κ3) is 4.04. The number of hydrogen-bond donors (Lipinski definition) is 1. The zero-order valence-corrected chi connectivity index (χ0v) is 12.8. The van der Waals surface area contributed by atoms with E-state index in [2.05, 4.69) is 37.4 Å². The van der Waals surface area contributed by atoms with Crippen molar-refractivity contribution in [2.24, 2.45) is 0 Å². The van der Waals surface area contributed by atoms with Crippen LogP contribution < -0.4 is 5.32 Å². The quantitative estimate of drug-likeness (QED) is 0.846. The molecule has 0 saturated carbocycles. The first kappa shape index (κ1) is 15.5. The number of piperazine rings is 1. The van der Waals surface area contributed by atoms with Crippen molar-refractivity contribution in [3.05, 3.63) is 34.9 Å². The summed E-state index contributed by atoms with van der Waals surface area (Å²) in [6, 6.07) is 5.91. The van der Waals surface area contributed by atoms with Crippen LogP contribution in [0.3, 0.4) is 0 Å². The summed E-state index contributed by atoms with van der Waals surface area (Å²) in [5.74, 6) is -0.460. The lowest BCUT2D eigenvalue weighted by Gasteiger charge is -2.34. The number of hydrogen-bond acceptors (Lipinski definition) is 4. The van der Waals surface area contributed by atoms with E-state index in [4.69, 9.17) is 4.74 Å². The Morgan fingerprint density at radius 2 is 2.00 bits per heavy atom. The SMILES string of the molecule is COC(=O)C[C@H]1C(=O)NCCN1Cc1cc(C)cc(C)c1. The molecular formula is C16H22N2O3. The molecule has 0 aliphatic carbocycles. The number of esters is 1. The molecule has 1 amide bonds. The number of ether oxygens (including phenoxy) is 1. The van der Waals surface area contributed by atoms with E-state index in [-0.39, 0.29) is 18.3 Å². The molecule has 5 heteroatoms. The Morgan fingerprint density at radius 3 is 2.62 bits per heavy atom. The Labute approximate surface area is 125 Å². The van der Waals surface area contributed by atoms with E-state index in [0.29, 0.717) is 13.1 Å². The monoisotopic (exact) mass is 290 g/mol. The van der Waals surface area contributed by atoms with Gasteiger partial charge in [0.15, 0.2) is 0 Å². The number of amides is 1. The van der Waals surface area contributed by atoms with E-state index in [1.807, 2.05) is 4.90 Å². The van der Waals surface area contributed by atoms with Gasteiger partial charge in [0.05, 0.1) is 13.5 Å². The number of benzene rings is 1. The fourth-order valence-electron chi connectivity index (χ4n) is 2.81. The zero-order chi connectivity index (χ0) is 15.4. The maximum atomic E-state index is 12.0. The number of carbonyl (C=O) groups excluding carboxylic acids is 2. The molecule has 1 saturated heterocycles. The van der Waals surface area contributed by atoms with Gasteiger partial charge < -0.3 is 10.1 Å². The number of rotatable bonds is 4. The molecule has 0 spiro atoms. The molecule has 21 heavy (non-hydrogen) atoms. The van der Waals surface area contributed by atoms with Crippen LogP contribution in [-0.2, 0) is 20.9 Å². The Hall–Kier alpha value is -1.88. The minimum atomic E-state index is -0.452. The topological polar surface area (TPSA) is 58.6 Å². The molecule has 2 rings (SSSR count). The first-order valence-corrected chi connectivity index (χ1v) is 7.15. The summed E-state index contributed by atoms with van der Waals surface area (Å²) >= 11 is 0. The largest absolute Gasteiger partial charge is 0.469 e. The van der Waals surface area contributed by atoms with Gasteiger partial charge in [0.25, 0.3) is 0 Å². The van der Waals surface area contributed by atoms with Crippen LogP contribution in [0.2, 0.25) is 0 Å². The Kier molecular flexibility index (Phi) is 4.96. The molecule has 1 aliphatic rings. The molecule has 5 nitrogen and oxygen atoms in total. The fourth-order valence-corrected chi connectivity index (χ4v) is 2.81. The second-order valence-electron chi connectivity index (χ2n) is 5.55. The second kappa shape index (κ2) is 6.72. The van der Waals surface area contributed by atoms with Crippen molar-refractivity contribution >= 4 is 11.9 Å². The van der Waals surface area contributed by atoms with Crippen LogP contribution in [0.5, 0.6) is 0 Å². The van der Waals surface area contributed by atoms with Crippen molar-refractivity contribution in [2.75, 3.05) is 20.2 Å². The molecule has 0 unspecified atom stereocenters. The normalized spacial score (nSPS) is 19.2. The van der Waals surface area contributed by atoms with Gasteiger partial charge in [0.2, 0.25) is 5.91 Å². The molecule has 0 aromatic heterocycles. The highest BCUT2D eigenvalue weighted by Crippen LogP contribution is 2.16. The van der Waals surface area contributed by atoms with Gasteiger partial charge in [-0.25, -0.2) is 0 Å². The summed E-state index contributed by atoms with van der Waals surface area (Å²) in [5.41, 5.74) is 3.57. The summed E-state index contributed by atoms with van der Waals surface area (Å²) in [7, 11) is 1.34.